The number of methoxy groups -OCH3 is 1. The summed E-state index contributed by atoms with van der Waals surface area (Å²) in [7, 11) is 1.58. The summed E-state index contributed by atoms with van der Waals surface area (Å²) >= 11 is 0. The Hall–Kier alpha value is -4.32. The van der Waals surface area contributed by atoms with Crippen LogP contribution >= 0.6 is 0 Å². The number of sulfonamides is 1. The predicted molar refractivity (Wildman–Crippen MR) is 181 cm³/mol. The largest absolute Gasteiger partial charge is 0.497 e. The van der Waals surface area contributed by atoms with Crippen LogP contribution in [0.4, 0.5) is 5.69 Å². The number of fused-ring (bicyclic) bond motifs is 2. The fraction of sp³-hybridized carbons (Fsp3) is 0.361. The third kappa shape index (κ3) is 6.22. The number of rotatable bonds is 12. The zero-order valence-corrected chi connectivity index (χ0v) is 27.9. The highest BCUT2D eigenvalue weighted by Gasteiger charge is 2.47. The van der Waals surface area contributed by atoms with Crippen molar-refractivity contribution >= 4 is 32.5 Å². The van der Waals surface area contributed by atoms with Gasteiger partial charge in [-0.15, -0.1) is 0 Å². The SMILES string of the molecule is CCCN(CCN1C[C@H](c2ccc3c(c2)OCO3)[C@@H](C(=O)O)[C@@H]1c1ccc(OC)cc1)S(=O)(=O)c1cccc2c(N(C)C)cccc12. The highest BCUT2D eigenvalue weighted by atomic mass is 32.2. The van der Waals surface area contributed by atoms with Crippen LogP contribution in [0.15, 0.2) is 83.8 Å². The Morgan fingerprint density at radius 1 is 0.936 bits per heavy atom. The van der Waals surface area contributed by atoms with Crippen molar-refractivity contribution in [3.8, 4) is 17.2 Å². The Kier molecular flexibility index (Phi) is 9.32. The van der Waals surface area contributed by atoms with E-state index in [4.69, 9.17) is 14.2 Å². The average Bonchev–Trinajstić information content (AvgIpc) is 3.70. The van der Waals surface area contributed by atoms with E-state index in [0.29, 0.717) is 48.7 Å². The molecule has 0 aliphatic carbocycles. The van der Waals surface area contributed by atoms with E-state index in [2.05, 4.69) is 4.90 Å². The zero-order chi connectivity index (χ0) is 33.3. The topological polar surface area (TPSA) is 109 Å². The lowest BCUT2D eigenvalue weighted by molar-refractivity contribution is -0.143. The molecular formula is C36H41N3O7S. The second-order valence-corrected chi connectivity index (χ2v) is 14.1. The second-order valence-electron chi connectivity index (χ2n) is 12.2. The molecular weight excluding hydrogens is 618 g/mol. The number of anilines is 1. The second kappa shape index (κ2) is 13.4. The number of carboxylic acid groups (broad SMARTS) is 1. The molecule has 2 aliphatic rings. The molecule has 11 heteroatoms. The van der Waals surface area contributed by atoms with Crippen molar-refractivity contribution in [2.75, 3.05) is 59.1 Å². The smallest absolute Gasteiger partial charge is 0.309 e. The molecule has 248 valence electrons. The minimum absolute atomic E-state index is 0.126. The molecule has 2 heterocycles. The maximum absolute atomic E-state index is 14.4. The normalized spacial score (nSPS) is 19.4. The molecule has 1 fully saturated rings. The molecule has 0 saturated carbocycles. The summed E-state index contributed by atoms with van der Waals surface area (Å²) < 4.78 is 46.8. The summed E-state index contributed by atoms with van der Waals surface area (Å²) in [6.45, 7) is 3.39. The molecule has 0 amide bonds. The van der Waals surface area contributed by atoms with Gasteiger partial charge in [0, 0.05) is 68.7 Å². The first kappa shape index (κ1) is 32.6. The lowest BCUT2D eigenvalue weighted by Gasteiger charge is -2.30. The Bertz CT molecular complexity index is 1860. The van der Waals surface area contributed by atoms with Gasteiger partial charge in [0.1, 0.15) is 5.75 Å². The van der Waals surface area contributed by atoms with E-state index in [1.165, 1.54) is 0 Å². The molecule has 4 aromatic carbocycles. The van der Waals surface area contributed by atoms with Gasteiger partial charge in [0.25, 0.3) is 0 Å². The van der Waals surface area contributed by atoms with E-state index in [-0.39, 0.29) is 24.2 Å². The number of aliphatic carboxylic acids is 1. The van der Waals surface area contributed by atoms with Gasteiger partial charge in [0.15, 0.2) is 11.5 Å². The third-order valence-electron chi connectivity index (χ3n) is 9.23. The van der Waals surface area contributed by atoms with E-state index in [1.807, 2.05) is 92.6 Å². The molecule has 4 aromatic rings. The van der Waals surface area contributed by atoms with Gasteiger partial charge >= 0.3 is 5.97 Å². The first-order valence-electron chi connectivity index (χ1n) is 15.8. The molecule has 6 rings (SSSR count). The van der Waals surface area contributed by atoms with Crippen LogP contribution in [-0.2, 0) is 14.8 Å². The highest BCUT2D eigenvalue weighted by Crippen LogP contribution is 2.48. The summed E-state index contributed by atoms with van der Waals surface area (Å²) in [4.78, 5) is 17.4. The van der Waals surface area contributed by atoms with E-state index >= 15 is 0 Å². The lowest BCUT2D eigenvalue weighted by Crippen LogP contribution is -2.40. The van der Waals surface area contributed by atoms with Crippen LogP contribution in [-0.4, -0.2) is 82.9 Å². The number of hydrogen-bond acceptors (Lipinski definition) is 8. The van der Waals surface area contributed by atoms with Crippen LogP contribution in [0, 0.1) is 5.92 Å². The van der Waals surface area contributed by atoms with Crippen LogP contribution in [0.3, 0.4) is 0 Å². The molecule has 10 nitrogen and oxygen atoms in total. The molecule has 0 aromatic heterocycles. The van der Waals surface area contributed by atoms with Gasteiger partial charge in [0.2, 0.25) is 16.8 Å². The number of carbonyl (C=O) groups is 1. The molecule has 1 saturated heterocycles. The summed E-state index contributed by atoms with van der Waals surface area (Å²) in [6, 6.07) is 23.7. The zero-order valence-electron chi connectivity index (χ0n) is 27.1. The molecule has 0 unspecified atom stereocenters. The summed E-state index contributed by atoms with van der Waals surface area (Å²) in [5, 5.41) is 12.2. The maximum Gasteiger partial charge on any atom is 0.309 e. The fourth-order valence-corrected chi connectivity index (χ4v) is 8.73. The first-order chi connectivity index (χ1) is 22.6. The monoisotopic (exact) mass is 659 g/mol. The van der Waals surface area contributed by atoms with Gasteiger partial charge in [-0.3, -0.25) is 9.69 Å². The van der Waals surface area contributed by atoms with Gasteiger partial charge in [0.05, 0.1) is 17.9 Å². The van der Waals surface area contributed by atoms with Crippen LogP contribution in [0.1, 0.15) is 36.4 Å². The Balaban J connectivity index is 1.35. The summed E-state index contributed by atoms with van der Waals surface area (Å²) in [6.07, 6.45) is 0.631. The van der Waals surface area contributed by atoms with Crippen LogP contribution in [0.5, 0.6) is 17.2 Å². The van der Waals surface area contributed by atoms with Gasteiger partial charge in [-0.1, -0.05) is 49.4 Å². The Labute approximate surface area is 276 Å². The van der Waals surface area contributed by atoms with Gasteiger partial charge in [-0.05, 0) is 53.9 Å². The fourth-order valence-electron chi connectivity index (χ4n) is 7.00. The molecule has 0 radical (unpaired) electrons. The van der Waals surface area contributed by atoms with Crippen molar-refractivity contribution in [1.82, 2.24) is 9.21 Å². The van der Waals surface area contributed by atoms with E-state index < -0.39 is 28.0 Å². The maximum atomic E-state index is 14.4. The summed E-state index contributed by atoms with van der Waals surface area (Å²) in [5.41, 5.74) is 2.61. The van der Waals surface area contributed by atoms with Crippen molar-refractivity contribution in [3.63, 3.8) is 0 Å². The molecule has 1 N–H and O–H groups in total. The Morgan fingerprint density at radius 2 is 1.64 bits per heavy atom. The van der Waals surface area contributed by atoms with Gasteiger partial charge in [-0.2, -0.15) is 4.31 Å². The van der Waals surface area contributed by atoms with E-state index in [0.717, 1.165) is 22.2 Å². The predicted octanol–water partition coefficient (Wildman–Crippen LogP) is 5.59. The standard InChI is InChI=1S/C36H41N3O7S/c1-5-18-39(47(42,43)33-11-7-8-27-28(33)9-6-10-30(27)37(2)3)20-19-38-22-29(25-14-17-31-32(21-25)46-23-45-31)34(36(40)41)35(38)24-12-15-26(44-4)16-13-24/h6-17,21,29,34-35H,5,18-20,22-23H2,1-4H3,(H,40,41)/t29-,34-,35+/m1/s1. The van der Waals surface area contributed by atoms with Crippen LogP contribution in [0.25, 0.3) is 10.8 Å². The Morgan fingerprint density at radius 3 is 2.34 bits per heavy atom. The van der Waals surface area contributed by atoms with Crippen molar-refractivity contribution in [3.05, 3.63) is 90.0 Å². The summed E-state index contributed by atoms with van der Waals surface area (Å²) in [5.74, 6) is -0.172. The molecule has 3 atom stereocenters. The number of likely N-dealkylation sites (tertiary alicyclic amines) is 1. The average molecular weight is 660 g/mol. The highest BCUT2D eigenvalue weighted by molar-refractivity contribution is 7.89. The van der Waals surface area contributed by atoms with Gasteiger partial charge < -0.3 is 24.2 Å². The van der Waals surface area contributed by atoms with Crippen molar-refractivity contribution in [1.29, 1.82) is 0 Å². The molecule has 47 heavy (non-hydrogen) atoms. The molecule has 2 aliphatic heterocycles. The van der Waals surface area contributed by atoms with Crippen LogP contribution in [0.2, 0.25) is 0 Å². The number of nitrogens with zero attached hydrogens (tertiary/aromatic N) is 3. The first-order valence-corrected chi connectivity index (χ1v) is 17.3. The van der Waals surface area contributed by atoms with Crippen molar-refractivity contribution in [2.45, 2.75) is 30.2 Å². The molecule has 0 bridgehead atoms. The number of hydrogen-bond donors (Lipinski definition) is 1. The molecule has 0 spiro atoms. The van der Waals surface area contributed by atoms with E-state index in [9.17, 15) is 18.3 Å². The van der Waals surface area contributed by atoms with E-state index in [1.54, 1.807) is 23.5 Å². The number of ether oxygens (including phenoxy) is 3. The van der Waals surface area contributed by atoms with Crippen molar-refractivity contribution < 1.29 is 32.5 Å². The van der Waals surface area contributed by atoms with Crippen molar-refractivity contribution in [2.24, 2.45) is 5.92 Å². The third-order valence-corrected chi connectivity index (χ3v) is 11.2. The number of benzene rings is 4. The number of carboxylic acids is 1. The van der Waals surface area contributed by atoms with Crippen LogP contribution < -0.4 is 19.1 Å². The minimum Gasteiger partial charge on any atom is -0.497 e. The minimum atomic E-state index is -3.89. The quantitative estimate of drug-likeness (QED) is 0.208. The van der Waals surface area contributed by atoms with Gasteiger partial charge in [-0.25, -0.2) is 8.42 Å². The lowest BCUT2D eigenvalue weighted by atomic mass is 9.82.